The molecule has 6 heteroatoms. The van der Waals surface area contributed by atoms with Crippen molar-refractivity contribution >= 4 is 11.8 Å². The first-order chi connectivity index (χ1) is 16.2. The fourth-order valence-electron chi connectivity index (χ4n) is 3.65. The lowest BCUT2D eigenvalue weighted by molar-refractivity contribution is -0.160. The van der Waals surface area contributed by atoms with Gasteiger partial charge in [-0.3, -0.25) is 0 Å². The Morgan fingerprint density at radius 2 is 1.44 bits per heavy atom. The van der Waals surface area contributed by atoms with Gasteiger partial charge in [0.2, 0.25) is 0 Å². The maximum atomic E-state index is 11.7. The second-order valence-electron chi connectivity index (χ2n) is 9.33. The molecule has 3 aromatic rings. The van der Waals surface area contributed by atoms with Crippen LogP contribution in [-0.4, -0.2) is 48.3 Å². The summed E-state index contributed by atoms with van der Waals surface area (Å²) in [6, 6.07) is 20.4. The molecule has 1 aromatic heterocycles. The van der Waals surface area contributed by atoms with Gasteiger partial charge < -0.3 is 14.4 Å². The largest absolute Gasteiger partial charge is 0.458 e. The average molecular weight is 462 g/mol. The van der Waals surface area contributed by atoms with Gasteiger partial charge in [0.15, 0.2) is 5.82 Å². The highest BCUT2D eigenvalue weighted by atomic mass is 16.6. The zero-order valence-electron chi connectivity index (χ0n) is 20.9. The molecular weight excluding hydrogens is 426 g/mol. The fourth-order valence-corrected chi connectivity index (χ4v) is 3.65. The molecule has 0 aliphatic carbocycles. The normalized spacial score (nSPS) is 11.3. The first kappa shape index (κ1) is 25.4. The van der Waals surface area contributed by atoms with E-state index in [0.717, 1.165) is 53.4 Å². The van der Waals surface area contributed by atoms with E-state index < -0.39 is 5.60 Å². The van der Waals surface area contributed by atoms with Crippen LogP contribution in [0.15, 0.2) is 60.7 Å². The number of benzene rings is 2. The molecule has 0 saturated heterocycles. The summed E-state index contributed by atoms with van der Waals surface area (Å²) in [7, 11) is 2.04. The number of rotatable bonds is 10. The predicted molar refractivity (Wildman–Crippen MR) is 137 cm³/mol. The van der Waals surface area contributed by atoms with Gasteiger partial charge in [-0.05, 0) is 40.5 Å². The fraction of sp³-hybridized carbons (Fsp3) is 0.393. The minimum atomic E-state index is -0.489. The minimum Gasteiger partial charge on any atom is -0.458 e. The number of carbonyl (C=O) groups is 1. The van der Waals surface area contributed by atoms with Crippen molar-refractivity contribution in [1.29, 1.82) is 0 Å². The second-order valence-corrected chi connectivity index (χ2v) is 9.33. The van der Waals surface area contributed by atoms with Gasteiger partial charge in [0.05, 0.1) is 17.1 Å². The number of esters is 1. The van der Waals surface area contributed by atoms with E-state index in [1.807, 2.05) is 71.1 Å². The number of hydrogen-bond acceptors (Lipinski definition) is 6. The summed E-state index contributed by atoms with van der Waals surface area (Å²) in [6.45, 7) is 8.86. The van der Waals surface area contributed by atoms with Gasteiger partial charge in [-0.1, -0.05) is 60.7 Å². The number of aryl methyl sites for hydroxylation is 1. The molecule has 0 bridgehead atoms. The lowest BCUT2D eigenvalue weighted by atomic mass is 10.0. The molecule has 0 N–H and O–H groups in total. The summed E-state index contributed by atoms with van der Waals surface area (Å²) in [4.78, 5) is 23.9. The Labute approximate surface area is 203 Å². The highest BCUT2D eigenvalue weighted by molar-refractivity contribution is 5.79. The molecule has 0 amide bonds. The predicted octanol–water partition coefficient (Wildman–Crippen LogP) is 5.69. The number of unbranched alkanes of at least 4 members (excludes halogenated alkanes) is 1. The standard InChI is InChI=1S/C28H35N3O3/c1-21-27(31(5)18-12-13-19-33-20-24(32)34-28(2,3)4)30-26(23-16-10-7-11-17-23)25(29-21)22-14-8-6-9-15-22/h6-11,14-17H,12-13,18-20H2,1-5H3. The van der Waals surface area contributed by atoms with E-state index in [4.69, 9.17) is 19.4 Å². The third-order valence-corrected chi connectivity index (χ3v) is 5.17. The number of ether oxygens (including phenoxy) is 2. The van der Waals surface area contributed by atoms with Gasteiger partial charge in [-0.2, -0.15) is 0 Å². The Balaban J connectivity index is 1.64. The van der Waals surface area contributed by atoms with Crippen molar-refractivity contribution in [2.75, 3.05) is 31.7 Å². The molecule has 0 aliphatic rings. The van der Waals surface area contributed by atoms with Crippen LogP contribution in [-0.2, 0) is 14.3 Å². The third-order valence-electron chi connectivity index (χ3n) is 5.17. The first-order valence-electron chi connectivity index (χ1n) is 11.7. The van der Waals surface area contributed by atoms with Crippen LogP contribution < -0.4 is 4.90 Å². The molecule has 0 spiro atoms. The van der Waals surface area contributed by atoms with Crippen LogP contribution in [0.2, 0.25) is 0 Å². The number of aromatic nitrogens is 2. The van der Waals surface area contributed by atoms with E-state index >= 15 is 0 Å². The van der Waals surface area contributed by atoms with Crippen LogP contribution in [0.4, 0.5) is 5.82 Å². The Morgan fingerprint density at radius 3 is 2.00 bits per heavy atom. The molecule has 3 rings (SSSR count). The van der Waals surface area contributed by atoms with Gasteiger partial charge in [0.25, 0.3) is 0 Å². The molecule has 6 nitrogen and oxygen atoms in total. The van der Waals surface area contributed by atoms with Crippen LogP contribution in [0.5, 0.6) is 0 Å². The van der Waals surface area contributed by atoms with Crippen LogP contribution in [0.1, 0.15) is 39.3 Å². The molecule has 0 aliphatic heterocycles. The first-order valence-corrected chi connectivity index (χ1v) is 11.7. The van der Waals surface area contributed by atoms with E-state index in [2.05, 4.69) is 29.2 Å². The summed E-state index contributed by atoms with van der Waals surface area (Å²) < 4.78 is 10.7. The van der Waals surface area contributed by atoms with Crippen molar-refractivity contribution in [3.8, 4) is 22.5 Å². The molecule has 0 atom stereocenters. The topological polar surface area (TPSA) is 64.5 Å². The molecule has 0 saturated carbocycles. The lowest BCUT2D eigenvalue weighted by Gasteiger charge is -2.22. The van der Waals surface area contributed by atoms with Crippen LogP contribution in [0.25, 0.3) is 22.5 Å². The lowest BCUT2D eigenvalue weighted by Crippen LogP contribution is -2.26. The second kappa shape index (κ2) is 11.7. The van der Waals surface area contributed by atoms with Gasteiger partial charge in [0, 0.05) is 31.3 Å². The number of carbonyl (C=O) groups excluding carboxylic acids is 1. The molecule has 180 valence electrons. The maximum Gasteiger partial charge on any atom is 0.332 e. The van der Waals surface area contributed by atoms with Crippen molar-refractivity contribution in [2.45, 2.75) is 46.1 Å². The quantitative estimate of drug-likeness (QED) is 0.285. The van der Waals surface area contributed by atoms with Crippen LogP contribution in [0.3, 0.4) is 0 Å². The summed E-state index contributed by atoms with van der Waals surface area (Å²) in [5.41, 5.74) is 4.25. The maximum absolute atomic E-state index is 11.7. The van der Waals surface area contributed by atoms with E-state index in [1.165, 1.54) is 0 Å². The SMILES string of the molecule is Cc1nc(-c2ccccc2)c(-c2ccccc2)nc1N(C)CCCCOCC(=O)OC(C)(C)C. The summed E-state index contributed by atoms with van der Waals surface area (Å²) in [5, 5.41) is 0. The Morgan fingerprint density at radius 1 is 0.882 bits per heavy atom. The summed E-state index contributed by atoms with van der Waals surface area (Å²) >= 11 is 0. The summed E-state index contributed by atoms with van der Waals surface area (Å²) in [6.07, 6.45) is 1.75. The van der Waals surface area contributed by atoms with E-state index in [1.54, 1.807) is 0 Å². The van der Waals surface area contributed by atoms with Crippen molar-refractivity contribution in [3.05, 3.63) is 66.4 Å². The number of anilines is 1. The smallest absolute Gasteiger partial charge is 0.332 e. The zero-order chi connectivity index (χ0) is 24.6. The highest BCUT2D eigenvalue weighted by Crippen LogP contribution is 2.32. The Bertz CT molecular complexity index is 1060. The molecule has 34 heavy (non-hydrogen) atoms. The average Bonchev–Trinajstić information content (AvgIpc) is 2.81. The number of hydrogen-bond donors (Lipinski definition) is 0. The van der Waals surface area contributed by atoms with Gasteiger partial charge >= 0.3 is 5.97 Å². The van der Waals surface area contributed by atoms with Crippen LogP contribution in [0, 0.1) is 6.92 Å². The van der Waals surface area contributed by atoms with Gasteiger partial charge in [0.1, 0.15) is 12.2 Å². The molecule has 0 unspecified atom stereocenters. The zero-order valence-corrected chi connectivity index (χ0v) is 20.9. The van der Waals surface area contributed by atoms with Gasteiger partial charge in [-0.25, -0.2) is 14.8 Å². The Hall–Kier alpha value is -3.25. The van der Waals surface area contributed by atoms with Crippen molar-refractivity contribution < 1.29 is 14.3 Å². The molecule has 2 aromatic carbocycles. The van der Waals surface area contributed by atoms with Gasteiger partial charge in [-0.15, -0.1) is 0 Å². The number of nitrogens with zero attached hydrogens (tertiary/aromatic N) is 3. The molecule has 0 fully saturated rings. The van der Waals surface area contributed by atoms with E-state index in [9.17, 15) is 4.79 Å². The third kappa shape index (κ3) is 7.39. The van der Waals surface area contributed by atoms with Crippen LogP contribution >= 0.6 is 0 Å². The van der Waals surface area contributed by atoms with E-state index in [-0.39, 0.29) is 12.6 Å². The molecule has 0 radical (unpaired) electrons. The monoisotopic (exact) mass is 461 g/mol. The van der Waals surface area contributed by atoms with Crippen molar-refractivity contribution in [3.63, 3.8) is 0 Å². The van der Waals surface area contributed by atoms with E-state index in [0.29, 0.717) is 6.61 Å². The van der Waals surface area contributed by atoms with Crippen molar-refractivity contribution in [2.24, 2.45) is 0 Å². The Kier molecular flexibility index (Phi) is 8.77. The summed E-state index contributed by atoms with van der Waals surface area (Å²) in [5.74, 6) is 0.538. The van der Waals surface area contributed by atoms with Crippen molar-refractivity contribution in [1.82, 2.24) is 9.97 Å². The molecular formula is C28H35N3O3. The highest BCUT2D eigenvalue weighted by Gasteiger charge is 2.18. The molecule has 1 heterocycles. The minimum absolute atomic E-state index is 0.0148.